The highest BCUT2D eigenvalue weighted by atomic mass is 16.6. The molecule has 0 aliphatic carbocycles. The van der Waals surface area contributed by atoms with E-state index in [1.807, 2.05) is 18.7 Å². The van der Waals surface area contributed by atoms with Crippen molar-refractivity contribution in [3.05, 3.63) is 45.5 Å². The molecular formula is C16H21N3O3. The first-order valence-corrected chi connectivity index (χ1v) is 7.45. The van der Waals surface area contributed by atoms with Crippen molar-refractivity contribution >= 4 is 17.3 Å². The zero-order valence-electron chi connectivity index (χ0n) is 13.1. The highest BCUT2D eigenvalue weighted by Crippen LogP contribution is 2.27. The number of amides is 1. The predicted molar refractivity (Wildman–Crippen MR) is 85.5 cm³/mol. The van der Waals surface area contributed by atoms with Crippen molar-refractivity contribution in [1.82, 2.24) is 4.90 Å². The number of non-ortho nitro benzene ring substituents is 1. The molecule has 2 rings (SSSR count). The zero-order valence-corrected chi connectivity index (χ0v) is 13.1. The van der Waals surface area contributed by atoms with E-state index in [1.165, 1.54) is 12.1 Å². The highest BCUT2D eigenvalue weighted by molar-refractivity contribution is 5.97. The van der Waals surface area contributed by atoms with Gasteiger partial charge in [-0.15, -0.1) is 0 Å². The molecule has 118 valence electrons. The molecule has 0 fully saturated rings. The van der Waals surface area contributed by atoms with Crippen LogP contribution in [0.5, 0.6) is 0 Å². The first-order valence-electron chi connectivity index (χ1n) is 7.45. The summed E-state index contributed by atoms with van der Waals surface area (Å²) in [5.74, 6) is 0.0605. The lowest BCUT2D eigenvalue weighted by atomic mass is 10.1. The van der Waals surface area contributed by atoms with E-state index in [2.05, 4.69) is 12.2 Å². The third-order valence-corrected chi connectivity index (χ3v) is 4.03. The van der Waals surface area contributed by atoms with Crippen molar-refractivity contribution in [3.63, 3.8) is 0 Å². The first-order chi connectivity index (χ1) is 10.5. The van der Waals surface area contributed by atoms with E-state index in [1.54, 1.807) is 12.1 Å². The van der Waals surface area contributed by atoms with Gasteiger partial charge in [-0.1, -0.05) is 13.3 Å². The molecule has 1 heterocycles. The van der Waals surface area contributed by atoms with Crippen LogP contribution in [-0.2, 0) is 4.79 Å². The van der Waals surface area contributed by atoms with Gasteiger partial charge in [0.2, 0.25) is 0 Å². The van der Waals surface area contributed by atoms with Crippen LogP contribution in [0, 0.1) is 10.1 Å². The summed E-state index contributed by atoms with van der Waals surface area (Å²) in [4.78, 5) is 24.4. The summed E-state index contributed by atoms with van der Waals surface area (Å²) in [6.45, 7) is 6.58. The third-order valence-electron chi connectivity index (χ3n) is 4.03. The molecule has 0 radical (unpaired) electrons. The maximum absolute atomic E-state index is 12.3. The monoisotopic (exact) mass is 303 g/mol. The van der Waals surface area contributed by atoms with Crippen LogP contribution in [-0.4, -0.2) is 28.4 Å². The summed E-state index contributed by atoms with van der Waals surface area (Å²) in [6.07, 6.45) is 1.79. The average Bonchev–Trinajstić information content (AvgIpc) is 2.70. The normalized spacial score (nSPS) is 18.0. The van der Waals surface area contributed by atoms with E-state index in [4.69, 9.17) is 0 Å². The molecule has 1 aliphatic heterocycles. The van der Waals surface area contributed by atoms with Crippen molar-refractivity contribution < 1.29 is 9.72 Å². The second-order valence-corrected chi connectivity index (χ2v) is 5.51. The Bertz CT molecular complexity index is 608. The second kappa shape index (κ2) is 6.60. The third kappa shape index (κ3) is 3.10. The van der Waals surface area contributed by atoms with Crippen LogP contribution >= 0.6 is 0 Å². The number of carbonyl (C=O) groups is 1. The molecule has 0 bridgehead atoms. The molecule has 0 saturated heterocycles. The number of hydrogen-bond acceptors (Lipinski definition) is 4. The Morgan fingerprint density at radius 1 is 1.27 bits per heavy atom. The SMILES string of the molecule is CCCCN1C(=O)C(C)=C(C)C1Nc1ccc([N+](=O)[O-])cc1. The molecule has 22 heavy (non-hydrogen) atoms. The summed E-state index contributed by atoms with van der Waals surface area (Å²) >= 11 is 0. The molecule has 1 aliphatic rings. The van der Waals surface area contributed by atoms with Gasteiger partial charge < -0.3 is 10.2 Å². The van der Waals surface area contributed by atoms with Gasteiger partial charge in [-0.2, -0.15) is 0 Å². The number of anilines is 1. The predicted octanol–water partition coefficient (Wildman–Crippen LogP) is 3.31. The van der Waals surface area contributed by atoms with E-state index < -0.39 is 4.92 Å². The van der Waals surface area contributed by atoms with Gasteiger partial charge in [-0.3, -0.25) is 14.9 Å². The van der Waals surface area contributed by atoms with Gasteiger partial charge >= 0.3 is 0 Å². The van der Waals surface area contributed by atoms with Crippen LogP contribution in [0.1, 0.15) is 33.6 Å². The van der Waals surface area contributed by atoms with Crippen molar-refractivity contribution in [2.75, 3.05) is 11.9 Å². The standard InChI is InChI=1S/C16H21N3O3/c1-4-5-10-18-15(11(2)12(3)16(18)20)17-13-6-8-14(9-7-13)19(21)22/h6-9,15,17H,4-5,10H2,1-3H3. The van der Waals surface area contributed by atoms with E-state index in [-0.39, 0.29) is 17.8 Å². The number of nitrogens with one attached hydrogen (secondary N) is 1. The van der Waals surface area contributed by atoms with Gasteiger partial charge in [0.15, 0.2) is 0 Å². The summed E-state index contributed by atoms with van der Waals surface area (Å²) in [5.41, 5.74) is 2.59. The lowest BCUT2D eigenvalue weighted by Gasteiger charge is -2.28. The maximum Gasteiger partial charge on any atom is 0.269 e. The Morgan fingerprint density at radius 3 is 2.45 bits per heavy atom. The average molecular weight is 303 g/mol. The molecule has 1 aromatic rings. The molecule has 6 heteroatoms. The smallest absolute Gasteiger partial charge is 0.269 e. The molecular weight excluding hydrogens is 282 g/mol. The Hall–Kier alpha value is -2.37. The van der Waals surface area contributed by atoms with Gasteiger partial charge in [0.25, 0.3) is 11.6 Å². The van der Waals surface area contributed by atoms with Crippen molar-refractivity contribution in [1.29, 1.82) is 0 Å². The van der Waals surface area contributed by atoms with Crippen molar-refractivity contribution in [2.24, 2.45) is 0 Å². The minimum Gasteiger partial charge on any atom is -0.362 e. The van der Waals surface area contributed by atoms with Crippen LogP contribution < -0.4 is 5.32 Å². The fourth-order valence-corrected chi connectivity index (χ4v) is 2.52. The van der Waals surface area contributed by atoms with E-state index in [0.717, 1.165) is 29.7 Å². The van der Waals surface area contributed by atoms with Crippen LogP contribution in [0.15, 0.2) is 35.4 Å². The van der Waals surface area contributed by atoms with Crippen LogP contribution in [0.25, 0.3) is 0 Å². The largest absolute Gasteiger partial charge is 0.362 e. The number of hydrogen-bond donors (Lipinski definition) is 1. The Morgan fingerprint density at radius 2 is 1.91 bits per heavy atom. The molecule has 1 amide bonds. The minimum atomic E-state index is -0.425. The fraction of sp³-hybridized carbons (Fsp3) is 0.438. The second-order valence-electron chi connectivity index (χ2n) is 5.51. The van der Waals surface area contributed by atoms with Crippen molar-refractivity contribution in [3.8, 4) is 0 Å². The van der Waals surface area contributed by atoms with Gasteiger partial charge in [0, 0.05) is 29.9 Å². The Labute approximate surface area is 130 Å². The minimum absolute atomic E-state index is 0.0549. The number of rotatable bonds is 6. The number of nitrogens with zero attached hydrogens (tertiary/aromatic N) is 2. The highest BCUT2D eigenvalue weighted by Gasteiger charge is 2.34. The summed E-state index contributed by atoms with van der Waals surface area (Å²) in [6, 6.07) is 6.26. The Kier molecular flexibility index (Phi) is 4.80. The molecule has 1 aromatic carbocycles. The van der Waals surface area contributed by atoms with Crippen LogP contribution in [0.3, 0.4) is 0 Å². The van der Waals surface area contributed by atoms with E-state index in [0.29, 0.717) is 6.54 Å². The molecule has 6 nitrogen and oxygen atoms in total. The number of nitro benzene ring substituents is 1. The molecule has 0 spiro atoms. The summed E-state index contributed by atoms with van der Waals surface area (Å²) in [7, 11) is 0. The Balaban J connectivity index is 2.17. The van der Waals surface area contributed by atoms with Gasteiger partial charge in [-0.05, 0) is 38.0 Å². The maximum atomic E-state index is 12.3. The van der Waals surface area contributed by atoms with Crippen LogP contribution in [0.4, 0.5) is 11.4 Å². The lowest BCUT2D eigenvalue weighted by molar-refractivity contribution is -0.384. The molecule has 1 N–H and O–H groups in total. The van der Waals surface area contributed by atoms with Gasteiger partial charge in [0.1, 0.15) is 6.17 Å². The number of nitro groups is 1. The summed E-state index contributed by atoms with van der Waals surface area (Å²) in [5, 5.41) is 14.0. The zero-order chi connectivity index (χ0) is 16.3. The number of benzene rings is 1. The molecule has 0 saturated carbocycles. The number of carbonyl (C=O) groups excluding carboxylic acids is 1. The van der Waals surface area contributed by atoms with E-state index >= 15 is 0 Å². The molecule has 1 atom stereocenters. The van der Waals surface area contributed by atoms with Crippen molar-refractivity contribution in [2.45, 2.75) is 39.8 Å². The fourth-order valence-electron chi connectivity index (χ4n) is 2.52. The summed E-state index contributed by atoms with van der Waals surface area (Å²) < 4.78 is 0. The molecule has 1 unspecified atom stereocenters. The van der Waals surface area contributed by atoms with Gasteiger partial charge in [0.05, 0.1) is 4.92 Å². The lowest BCUT2D eigenvalue weighted by Crippen LogP contribution is -2.41. The van der Waals surface area contributed by atoms with E-state index in [9.17, 15) is 14.9 Å². The molecule has 0 aromatic heterocycles. The van der Waals surface area contributed by atoms with Crippen LogP contribution in [0.2, 0.25) is 0 Å². The number of unbranched alkanes of at least 4 members (excludes halogenated alkanes) is 1. The van der Waals surface area contributed by atoms with Gasteiger partial charge in [-0.25, -0.2) is 0 Å². The first kappa shape index (κ1) is 16.0. The topological polar surface area (TPSA) is 75.5 Å². The quantitative estimate of drug-likeness (QED) is 0.646.